The van der Waals surface area contributed by atoms with E-state index in [0.29, 0.717) is 11.3 Å². The Hall–Kier alpha value is -1.93. The molecule has 0 spiro atoms. The Morgan fingerprint density at radius 2 is 2.31 bits per heavy atom. The van der Waals surface area contributed by atoms with Crippen LogP contribution < -0.4 is 4.74 Å². The first-order valence-electron chi connectivity index (χ1n) is 3.85. The van der Waals surface area contributed by atoms with Crippen molar-refractivity contribution in [3.8, 4) is 24.2 Å². The molecule has 1 aromatic rings. The second-order valence-corrected chi connectivity index (χ2v) is 2.53. The maximum atomic E-state index is 8.72. The van der Waals surface area contributed by atoms with Crippen LogP contribution in [0.15, 0.2) is 18.2 Å². The molecule has 0 saturated heterocycles. The highest BCUT2D eigenvalue weighted by Crippen LogP contribution is 2.20. The van der Waals surface area contributed by atoms with Crippen molar-refractivity contribution in [1.82, 2.24) is 0 Å². The van der Waals surface area contributed by atoms with Gasteiger partial charge in [0.1, 0.15) is 12.4 Å². The maximum Gasteiger partial charge on any atom is 0.148 e. The Balaban J connectivity index is 2.98. The first-order chi connectivity index (χ1) is 6.29. The van der Waals surface area contributed by atoms with E-state index in [2.05, 4.69) is 12.0 Å². The van der Waals surface area contributed by atoms with Gasteiger partial charge in [0.05, 0.1) is 11.6 Å². The van der Waals surface area contributed by atoms with E-state index < -0.39 is 0 Å². The summed E-state index contributed by atoms with van der Waals surface area (Å²) < 4.78 is 5.24. The Bertz CT molecular complexity index is 382. The molecule has 0 aliphatic carbocycles. The molecule has 1 rings (SSSR count). The summed E-state index contributed by atoms with van der Waals surface area (Å²) in [6, 6.07) is 7.40. The fourth-order valence-corrected chi connectivity index (χ4v) is 1.01. The quantitative estimate of drug-likeness (QED) is 0.636. The highest BCUT2D eigenvalue weighted by molar-refractivity contribution is 5.45. The van der Waals surface area contributed by atoms with E-state index in [1.165, 1.54) is 0 Å². The highest BCUT2D eigenvalue weighted by atomic mass is 16.5. The summed E-state index contributed by atoms with van der Waals surface area (Å²) >= 11 is 0. The van der Waals surface area contributed by atoms with Crippen molar-refractivity contribution < 1.29 is 4.74 Å². The minimum absolute atomic E-state index is 0.232. The summed E-state index contributed by atoms with van der Waals surface area (Å²) in [6.07, 6.45) is 5.06. The van der Waals surface area contributed by atoms with Gasteiger partial charge in [0.2, 0.25) is 0 Å². The molecule has 0 bridgehead atoms. The zero-order chi connectivity index (χ0) is 9.68. The van der Waals surface area contributed by atoms with Crippen molar-refractivity contribution in [2.45, 2.75) is 6.92 Å². The zero-order valence-electron chi connectivity index (χ0n) is 7.37. The maximum absolute atomic E-state index is 8.72. The number of hydrogen-bond acceptors (Lipinski definition) is 2. The Morgan fingerprint density at radius 3 is 2.92 bits per heavy atom. The zero-order valence-corrected chi connectivity index (χ0v) is 7.37. The summed E-state index contributed by atoms with van der Waals surface area (Å²) in [5.74, 6) is 3.05. The molecule has 0 amide bonds. The number of nitriles is 1. The van der Waals surface area contributed by atoms with E-state index in [9.17, 15) is 0 Å². The van der Waals surface area contributed by atoms with Crippen molar-refractivity contribution in [3.63, 3.8) is 0 Å². The van der Waals surface area contributed by atoms with Gasteiger partial charge in [-0.25, -0.2) is 0 Å². The molecule has 0 aliphatic heterocycles. The van der Waals surface area contributed by atoms with Gasteiger partial charge < -0.3 is 4.74 Å². The molecule has 64 valence electrons. The Morgan fingerprint density at radius 1 is 1.54 bits per heavy atom. The third kappa shape index (κ3) is 2.01. The van der Waals surface area contributed by atoms with E-state index in [-0.39, 0.29) is 6.61 Å². The predicted molar refractivity (Wildman–Crippen MR) is 50.2 cm³/mol. The van der Waals surface area contributed by atoms with E-state index in [0.717, 1.165) is 5.56 Å². The molecule has 2 heteroatoms. The minimum Gasteiger partial charge on any atom is -0.481 e. The van der Waals surface area contributed by atoms with Crippen LogP contribution in [0.2, 0.25) is 0 Å². The lowest BCUT2D eigenvalue weighted by Crippen LogP contribution is -1.96. The van der Waals surface area contributed by atoms with Gasteiger partial charge in [-0.3, -0.25) is 0 Å². The lowest BCUT2D eigenvalue weighted by molar-refractivity contribution is 0.367. The normalized spacial score (nSPS) is 8.54. The average Bonchev–Trinajstić information content (AvgIpc) is 2.16. The third-order valence-electron chi connectivity index (χ3n) is 1.72. The van der Waals surface area contributed by atoms with Gasteiger partial charge in [0.25, 0.3) is 0 Å². The van der Waals surface area contributed by atoms with Crippen LogP contribution in [0.3, 0.4) is 0 Å². The standard InChI is InChI=1S/C11H9NO/c1-3-7-13-11-6-4-5-10(8-12)9(11)2/h1,4-6H,7H2,2H3. The number of nitrogens with zero attached hydrogens (tertiary/aromatic N) is 1. The number of ether oxygens (including phenoxy) is 1. The van der Waals surface area contributed by atoms with Crippen molar-refractivity contribution in [3.05, 3.63) is 29.3 Å². The van der Waals surface area contributed by atoms with Crippen LogP contribution in [0.1, 0.15) is 11.1 Å². The molecule has 0 aliphatic rings. The van der Waals surface area contributed by atoms with Crippen molar-refractivity contribution in [2.75, 3.05) is 6.61 Å². The lowest BCUT2D eigenvalue weighted by atomic mass is 10.1. The molecular weight excluding hydrogens is 162 g/mol. The van der Waals surface area contributed by atoms with Crippen molar-refractivity contribution in [2.24, 2.45) is 0 Å². The van der Waals surface area contributed by atoms with Crippen LogP contribution in [0.5, 0.6) is 5.75 Å². The number of rotatable bonds is 2. The van der Waals surface area contributed by atoms with Gasteiger partial charge >= 0.3 is 0 Å². The van der Waals surface area contributed by atoms with Gasteiger partial charge in [-0.05, 0) is 19.1 Å². The van der Waals surface area contributed by atoms with Gasteiger partial charge in [-0.15, -0.1) is 6.42 Å². The van der Waals surface area contributed by atoms with Crippen molar-refractivity contribution >= 4 is 0 Å². The van der Waals surface area contributed by atoms with Crippen LogP contribution in [0.4, 0.5) is 0 Å². The van der Waals surface area contributed by atoms with E-state index in [4.69, 9.17) is 16.4 Å². The van der Waals surface area contributed by atoms with Crippen LogP contribution in [-0.2, 0) is 0 Å². The van der Waals surface area contributed by atoms with E-state index >= 15 is 0 Å². The average molecular weight is 171 g/mol. The summed E-state index contributed by atoms with van der Waals surface area (Å²) in [5, 5.41) is 8.72. The molecule has 0 fully saturated rings. The summed E-state index contributed by atoms with van der Waals surface area (Å²) in [4.78, 5) is 0. The number of terminal acetylenes is 1. The molecule has 0 unspecified atom stereocenters. The van der Waals surface area contributed by atoms with E-state index in [1.54, 1.807) is 18.2 Å². The first kappa shape index (κ1) is 9.16. The molecule has 0 radical (unpaired) electrons. The Labute approximate surface area is 77.8 Å². The fourth-order valence-electron chi connectivity index (χ4n) is 1.01. The number of hydrogen-bond donors (Lipinski definition) is 0. The number of benzene rings is 1. The minimum atomic E-state index is 0.232. The predicted octanol–water partition coefficient (Wildman–Crippen LogP) is 1.88. The van der Waals surface area contributed by atoms with Crippen LogP contribution >= 0.6 is 0 Å². The van der Waals surface area contributed by atoms with Crippen LogP contribution in [0, 0.1) is 30.6 Å². The fraction of sp³-hybridized carbons (Fsp3) is 0.182. The molecule has 0 saturated carbocycles. The molecule has 13 heavy (non-hydrogen) atoms. The van der Waals surface area contributed by atoms with Crippen LogP contribution in [-0.4, -0.2) is 6.61 Å². The summed E-state index contributed by atoms with van der Waals surface area (Å²) in [7, 11) is 0. The second-order valence-electron chi connectivity index (χ2n) is 2.53. The smallest absolute Gasteiger partial charge is 0.148 e. The SMILES string of the molecule is C#CCOc1cccc(C#N)c1C. The monoisotopic (exact) mass is 171 g/mol. The molecular formula is C11H9NO. The van der Waals surface area contributed by atoms with Gasteiger partial charge in [-0.1, -0.05) is 12.0 Å². The lowest BCUT2D eigenvalue weighted by Gasteiger charge is -2.06. The molecule has 1 aromatic carbocycles. The van der Waals surface area contributed by atoms with Gasteiger partial charge in [-0.2, -0.15) is 5.26 Å². The topological polar surface area (TPSA) is 33.0 Å². The van der Waals surface area contributed by atoms with Crippen LogP contribution in [0.25, 0.3) is 0 Å². The summed E-state index contributed by atoms with van der Waals surface area (Å²) in [6.45, 7) is 2.07. The largest absolute Gasteiger partial charge is 0.481 e. The molecule has 2 nitrogen and oxygen atoms in total. The molecule has 0 atom stereocenters. The highest BCUT2D eigenvalue weighted by Gasteiger charge is 2.02. The summed E-state index contributed by atoms with van der Waals surface area (Å²) in [5.41, 5.74) is 1.45. The van der Waals surface area contributed by atoms with Gasteiger partial charge in [0.15, 0.2) is 0 Å². The molecule has 0 aromatic heterocycles. The third-order valence-corrected chi connectivity index (χ3v) is 1.72. The van der Waals surface area contributed by atoms with E-state index in [1.807, 2.05) is 6.92 Å². The first-order valence-corrected chi connectivity index (χ1v) is 3.85. The Kier molecular flexibility index (Phi) is 2.95. The second kappa shape index (κ2) is 4.18. The molecule has 0 heterocycles. The van der Waals surface area contributed by atoms with Gasteiger partial charge in [0, 0.05) is 5.56 Å². The van der Waals surface area contributed by atoms with Crippen molar-refractivity contribution in [1.29, 1.82) is 5.26 Å². The molecule has 0 N–H and O–H groups in total.